The molecule has 1 aromatic rings. The number of hydrogen-bond donors (Lipinski definition) is 1. The zero-order valence-corrected chi connectivity index (χ0v) is 13.4. The summed E-state index contributed by atoms with van der Waals surface area (Å²) in [4.78, 5) is 2.69. The number of likely N-dealkylation sites (N-methyl/N-ethyl adjacent to an activating group) is 1. The van der Waals surface area contributed by atoms with Gasteiger partial charge in [-0.3, -0.25) is 4.90 Å². The number of hydrogen-bond acceptors (Lipinski definition) is 3. The quantitative estimate of drug-likeness (QED) is 0.901. The van der Waals surface area contributed by atoms with Crippen LogP contribution in [0.3, 0.4) is 0 Å². The molecule has 0 radical (unpaired) electrons. The van der Waals surface area contributed by atoms with Crippen LogP contribution in [0, 0.1) is 0 Å². The largest absolute Gasteiger partial charge is 0.497 e. The molecule has 1 aliphatic heterocycles. The summed E-state index contributed by atoms with van der Waals surface area (Å²) in [7, 11) is 1.76. The van der Waals surface area contributed by atoms with E-state index in [0.29, 0.717) is 12.1 Å². The summed E-state index contributed by atoms with van der Waals surface area (Å²) in [5.41, 5.74) is 3.01. The molecule has 1 aromatic carbocycles. The first kappa shape index (κ1) is 14.9. The van der Waals surface area contributed by atoms with E-state index in [-0.39, 0.29) is 0 Å². The van der Waals surface area contributed by atoms with Crippen molar-refractivity contribution in [3.63, 3.8) is 0 Å². The standard InChI is InChI=1S/C18H28N2O/c1-3-20(13-16-5-4-10-19-16)17-8-6-14-7-9-18(21-2)12-15(14)11-17/h7,9,12,16-17,19H,3-6,8,10-11,13H2,1-2H3. The van der Waals surface area contributed by atoms with E-state index in [0.717, 1.165) is 12.3 Å². The molecule has 1 N–H and O–H groups in total. The van der Waals surface area contributed by atoms with Crippen molar-refractivity contribution in [2.24, 2.45) is 0 Å². The summed E-state index contributed by atoms with van der Waals surface area (Å²) in [6.07, 6.45) is 6.35. The number of ether oxygens (including phenoxy) is 1. The molecule has 0 amide bonds. The zero-order chi connectivity index (χ0) is 14.7. The van der Waals surface area contributed by atoms with Gasteiger partial charge in [0.1, 0.15) is 5.75 Å². The number of nitrogens with zero attached hydrogens (tertiary/aromatic N) is 1. The number of rotatable bonds is 5. The maximum absolute atomic E-state index is 5.39. The van der Waals surface area contributed by atoms with Crippen LogP contribution in [-0.2, 0) is 12.8 Å². The molecule has 1 aliphatic carbocycles. The average Bonchev–Trinajstić information content (AvgIpc) is 3.04. The first-order valence-corrected chi connectivity index (χ1v) is 8.43. The predicted molar refractivity (Wildman–Crippen MR) is 87.1 cm³/mol. The van der Waals surface area contributed by atoms with Crippen LogP contribution in [0.25, 0.3) is 0 Å². The Hall–Kier alpha value is -1.06. The number of benzene rings is 1. The molecular weight excluding hydrogens is 260 g/mol. The first-order chi connectivity index (χ1) is 10.3. The fourth-order valence-corrected chi connectivity index (χ4v) is 3.88. The van der Waals surface area contributed by atoms with Crippen molar-refractivity contribution in [3.05, 3.63) is 29.3 Å². The zero-order valence-electron chi connectivity index (χ0n) is 13.4. The van der Waals surface area contributed by atoms with Crippen LogP contribution >= 0.6 is 0 Å². The van der Waals surface area contributed by atoms with Crippen LogP contribution in [0.5, 0.6) is 5.75 Å². The van der Waals surface area contributed by atoms with Gasteiger partial charge in [0.15, 0.2) is 0 Å². The summed E-state index contributed by atoms with van der Waals surface area (Å²) >= 11 is 0. The second kappa shape index (κ2) is 6.80. The minimum absolute atomic E-state index is 0.692. The van der Waals surface area contributed by atoms with Crippen LogP contribution in [0.4, 0.5) is 0 Å². The van der Waals surface area contributed by atoms with Crippen LogP contribution in [-0.4, -0.2) is 43.7 Å². The van der Waals surface area contributed by atoms with Gasteiger partial charge in [-0.15, -0.1) is 0 Å². The lowest BCUT2D eigenvalue weighted by Crippen LogP contribution is -2.45. The van der Waals surface area contributed by atoms with Crippen LogP contribution in [0.15, 0.2) is 18.2 Å². The van der Waals surface area contributed by atoms with E-state index in [1.807, 2.05) is 0 Å². The van der Waals surface area contributed by atoms with E-state index in [9.17, 15) is 0 Å². The van der Waals surface area contributed by atoms with Crippen molar-refractivity contribution in [1.29, 1.82) is 0 Å². The summed E-state index contributed by atoms with van der Waals surface area (Å²) < 4.78 is 5.39. The fourth-order valence-electron chi connectivity index (χ4n) is 3.88. The number of aryl methyl sites for hydroxylation is 1. The molecule has 2 atom stereocenters. The van der Waals surface area contributed by atoms with Crippen molar-refractivity contribution in [1.82, 2.24) is 10.2 Å². The summed E-state index contributed by atoms with van der Waals surface area (Å²) in [5, 5.41) is 3.64. The van der Waals surface area contributed by atoms with E-state index in [4.69, 9.17) is 4.74 Å². The summed E-state index contributed by atoms with van der Waals surface area (Å²) in [6.45, 7) is 5.87. The smallest absolute Gasteiger partial charge is 0.119 e. The normalized spacial score (nSPS) is 25.1. The second-order valence-electron chi connectivity index (χ2n) is 6.41. The van der Waals surface area contributed by atoms with Gasteiger partial charge in [-0.25, -0.2) is 0 Å². The van der Waals surface area contributed by atoms with Crippen molar-refractivity contribution in [3.8, 4) is 5.75 Å². The Labute approximate surface area is 128 Å². The lowest BCUT2D eigenvalue weighted by Gasteiger charge is -2.36. The van der Waals surface area contributed by atoms with Crippen molar-refractivity contribution >= 4 is 0 Å². The van der Waals surface area contributed by atoms with Gasteiger partial charge >= 0.3 is 0 Å². The molecule has 2 aliphatic rings. The predicted octanol–water partition coefficient (Wildman–Crippen LogP) is 2.63. The summed E-state index contributed by atoms with van der Waals surface area (Å²) in [6, 6.07) is 7.98. The maximum Gasteiger partial charge on any atom is 0.119 e. The van der Waals surface area contributed by atoms with Gasteiger partial charge < -0.3 is 10.1 Å². The van der Waals surface area contributed by atoms with Crippen LogP contribution in [0.2, 0.25) is 0 Å². The van der Waals surface area contributed by atoms with E-state index < -0.39 is 0 Å². The highest BCUT2D eigenvalue weighted by molar-refractivity contribution is 5.37. The van der Waals surface area contributed by atoms with Gasteiger partial charge in [-0.1, -0.05) is 13.0 Å². The van der Waals surface area contributed by atoms with Crippen molar-refractivity contribution in [2.45, 2.75) is 51.1 Å². The Morgan fingerprint density at radius 2 is 2.19 bits per heavy atom. The van der Waals surface area contributed by atoms with Crippen LogP contribution < -0.4 is 10.1 Å². The molecule has 2 unspecified atom stereocenters. The molecular formula is C18H28N2O. The lowest BCUT2D eigenvalue weighted by atomic mass is 9.87. The molecule has 3 rings (SSSR count). The average molecular weight is 288 g/mol. The van der Waals surface area contributed by atoms with Crippen molar-refractivity contribution in [2.75, 3.05) is 26.7 Å². The highest BCUT2D eigenvalue weighted by Gasteiger charge is 2.26. The third kappa shape index (κ3) is 3.41. The van der Waals surface area contributed by atoms with Crippen molar-refractivity contribution < 1.29 is 4.74 Å². The van der Waals surface area contributed by atoms with E-state index in [2.05, 4.69) is 35.3 Å². The monoisotopic (exact) mass is 288 g/mol. The van der Waals surface area contributed by atoms with E-state index >= 15 is 0 Å². The van der Waals surface area contributed by atoms with Gasteiger partial charge in [0, 0.05) is 18.6 Å². The molecule has 116 valence electrons. The Morgan fingerprint density at radius 3 is 2.90 bits per heavy atom. The van der Waals surface area contributed by atoms with Gasteiger partial charge in [-0.05, 0) is 68.5 Å². The van der Waals surface area contributed by atoms with Gasteiger partial charge in [0.25, 0.3) is 0 Å². The Bertz CT molecular complexity index is 468. The number of nitrogens with one attached hydrogen (secondary N) is 1. The molecule has 1 saturated heterocycles. The van der Waals surface area contributed by atoms with E-state index in [1.165, 1.54) is 56.3 Å². The maximum atomic E-state index is 5.39. The Kier molecular flexibility index (Phi) is 4.81. The molecule has 3 heteroatoms. The second-order valence-corrected chi connectivity index (χ2v) is 6.41. The SMILES string of the molecule is CCN(CC1CCCN1)C1CCc2ccc(OC)cc2C1. The van der Waals surface area contributed by atoms with Crippen LogP contribution in [0.1, 0.15) is 37.3 Å². The molecule has 0 saturated carbocycles. The molecule has 0 aromatic heterocycles. The minimum Gasteiger partial charge on any atom is -0.497 e. The molecule has 1 fully saturated rings. The Morgan fingerprint density at radius 1 is 1.29 bits per heavy atom. The first-order valence-electron chi connectivity index (χ1n) is 8.43. The van der Waals surface area contributed by atoms with Gasteiger partial charge in [0.2, 0.25) is 0 Å². The highest BCUT2D eigenvalue weighted by Crippen LogP contribution is 2.28. The molecule has 1 heterocycles. The molecule has 21 heavy (non-hydrogen) atoms. The molecule has 0 spiro atoms. The lowest BCUT2D eigenvalue weighted by molar-refractivity contribution is 0.173. The van der Waals surface area contributed by atoms with Gasteiger partial charge in [-0.2, -0.15) is 0 Å². The fraction of sp³-hybridized carbons (Fsp3) is 0.667. The molecule has 0 bridgehead atoms. The number of methoxy groups -OCH3 is 1. The third-order valence-corrected chi connectivity index (χ3v) is 5.16. The topological polar surface area (TPSA) is 24.5 Å². The minimum atomic E-state index is 0.692. The Balaban J connectivity index is 1.67. The van der Waals surface area contributed by atoms with E-state index in [1.54, 1.807) is 7.11 Å². The van der Waals surface area contributed by atoms with Gasteiger partial charge in [0.05, 0.1) is 7.11 Å². The third-order valence-electron chi connectivity index (χ3n) is 5.16. The highest BCUT2D eigenvalue weighted by atomic mass is 16.5. The molecule has 3 nitrogen and oxygen atoms in total. The number of fused-ring (bicyclic) bond motifs is 1. The summed E-state index contributed by atoms with van der Waals surface area (Å²) in [5.74, 6) is 0.995.